The number of nitrogens with one attached hydrogen (secondary N) is 1. The highest BCUT2D eigenvalue weighted by Gasteiger charge is 2.28. The summed E-state index contributed by atoms with van der Waals surface area (Å²) in [6.45, 7) is -1.90. The fourth-order valence-electron chi connectivity index (χ4n) is 2.81. The van der Waals surface area contributed by atoms with Crippen LogP contribution in [-0.4, -0.2) is 62.8 Å². The van der Waals surface area contributed by atoms with E-state index in [4.69, 9.17) is 25.1 Å². The number of hydrogen-bond acceptors (Lipinski definition) is 9. The van der Waals surface area contributed by atoms with E-state index < -0.39 is 60.1 Å². The lowest BCUT2D eigenvalue weighted by Gasteiger charge is -2.23. The number of fused-ring (bicyclic) bond motifs is 1. The number of carbonyl (C=O) groups excluding carboxylic acids is 2. The number of furan rings is 1. The number of amides is 2. The van der Waals surface area contributed by atoms with Gasteiger partial charge in [-0.05, 0) is 24.3 Å². The summed E-state index contributed by atoms with van der Waals surface area (Å²) < 4.78 is 10.9. The summed E-state index contributed by atoms with van der Waals surface area (Å²) in [5.74, 6) is -2.13. The Morgan fingerprint density at radius 1 is 1.10 bits per heavy atom. The first-order chi connectivity index (χ1) is 14.7. The number of ether oxygens (including phenoxy) is 1. The van der Waals surface area contributed by atoms with E-state index in [1.54, 1.807) is 0 Å². The Morgan fingerprint density at radius 2 is 1.74 bits per heavy atom. The number of phenols is 2. The summed E-state index contributed by atoms with van der Waals surface area (Å²) in [6, 6.07) is 6.99. The van der Waals surface area contributed by atoms with Crippen molar-refractivity contribution in [1.82, 2.24) is 0 Å². The van der Waals surface area contributed by atoms with E-state index in [0.29, 0.717) is 0 Å². The number of nitrogens with two attached hydrogens (primary N) is 1. The zero-order valence-corrected chi connectivity index (χ0v) is 16.0. The first-order valence-corrected chi connectivity index (χ1v) is 8.94. The molecule has 8 N–H and O–H groups in total. The molecule has 0 aliphatic carbocycles. The minimum Gasteiger partial charge on any atom is -0.507 e. The molecule has 3 aromatic rings. The molecule has 0 saturated heterocycles. The number of ketones is 1. The highest BCUT2D eigenvalue weighted by Crippen LogP contribution is 2.37. The number of phenolic OH excluding ortho intramolecular Hbond substituents is 2. The van der Waals surface area contributed by atoms with Crippen molar-refractivity contribution in [3.63, 3.8) is 0 Å². The summed E-state index contributed by atoms with van der Waals surface area (Å²) in [7, 11) is 0. The molecule has 0 unspecified atom stereocenters. The Bertz CT molecular complexity index is 1110. The average molecular weight is 432 g/mol. The minimum atomic E-state index is -1.86. The van der Waals surface area contributed by atoms with Gasteiger partial charge in [0.2, 0.25) is 5.78 Å². The lowest BCUT2D eigenvalue weighted by atomic mass is 10.0. The smallest absolute Gasteiger partial charge is 0.316 e. The summed E-state index contributed by atoms with van der Waals surface area (Å²) in [5, 5.41) is 50.7. The monoisotopic (exact) mass is 432 g/mol. The fourth-order valence-corrected chi connectivity index (χ4v) is 2.81. The molecule has 164 valence electrons. The van der Waals surface area contributed by atoms with Gasteiger partial charge in [-0.2, -0.15) is 0 Å². The zero-order valence-electron chi connectivity index (χ0n) is 16.0. The van der Waals surface area contributed by atoms with Crippen LogP contribution in [-0.2, 0) is 0 Å². The maximum Gasteiger partial charge on any atom is 0.316 e. The van der Waals surface area contributed by atoms with Crippen LogP contribution in [0.3, 0.4) is 0 Å². The predicted molar refractivity (Wildman–Crippen MR) is 107 cm³/mol. The van der Waals surface area contributed by atoms with Gasteiger partial charge in [-0.15, -0.1) is 0 Å². The number of aliphatic hydroxyl groups excluding tert-OH is 2. The van der Waals surface area contributed by atoms with Crippen LogP contribution in [0.1, 0.15) is 16.1 Å². The van der Waals surface area contributed by atoms with Crippen LogP contribution >= 0.6 is 0 Å². The molecule has 0 aliphatic rings. The first kappa shape index (κ1) is 21.9. The molecule has 2 aromatic carbocycles. The zero-order chi connectivity index (χ0) is 22.8. The maximum atomic E-state index is 13.0. The fraction of sp³-hybridized carbons (Fsp3) is 0.200. The lowest BCUT2D eigenvalue weighted by Crippen LogP contribution is -2.43. The van der Waals surface area contributed by atoms with Gasteiger partial charge >= 0.3 is 6.03 Å². The second kappa shape index (κ2) is 8.52. The van der Waals surface area contributed by atoms with E-state index in [1.807, 2.05) is 0 Å². The van der Waals surface area contributed by atoms with Crippen LogP contribution in [0, 0.1) is 0 Å². The summed E-state index contributed by atoms with van der Waals surface area (Å²) >= 11 is 0. The number of hydrogen-bond donors (Lipinski definition) is 7. The molecule has 1 heterocycles. The van der Waals surface area contributed by atoms with E-state index in [2.05, 4.69) is 5.32 Å². The summed E-state index contributed by atoms with van der Waals surface area (Å²) in [6.07, 6.45) is 0. The van der Waals surface area contributed by atoms with Gasteiger partial charge < -0.3 is 45.7 Å². The molecule has 0 saturated carbocycles. The Balaban J connectivity index is 2.05. The van der Waals surface area contributed by atoms with E-state index >= 15 is 0 Å². The van der Waals surface area contributed by atoms with Gasteiger partial charge in [0.1, 0.15) is 46.3 Å². The van der Waals surface area contributed by atoms with Crippen molar-refractivity contribution < 1.29 is 44.3 Å². The Kier molecular flexibility index (Phi) is 6.02. The molecule has 31 heavy (non-hydrogen) atoms. The molecule has 0 spiro atoms. The summed E-state index contributed by atoms with van der Waals surface area (Å²) in [4.78, 5) is 24.4. The minimum absolute atomic E-state index is 0.0797. The maximum absolute atomic E-state index is 13.0. The van der Waals surface area contributed by atoms with E-state index in [9.17, 15) is 24.9 Å². The third-order valence-corrected chi connectivity index (χ3v) is 4.46. The van der Waals surface area contributed by atoms with Gasteiger partial charge in [0.15, 0.2) is 5.76 Å². The molecule has 0 atom stereocenters. The van der Waals surface area contributed by atoms with Gasteiger partial charge in [-0.25, -0.2) is 4.79 Å². The second-order valence-corrected chi connectivity index (χ2v) is 6.78. The molecule has 0 aliphatic heterocycles. The van der Waals surface area contributed by atoms with Crippen molar-refractivity contribution in [2.24, 2.45) is 5.73 Å². The summed E-state index contributed by atoms with van der Waals surface area (Å²) in [5.41, 5.74) is 2.91. The van der Waals surface area contributed by atoms with Crippen LogP contribution in [0.25, 0.3) is 11.0 Å². The third-order valence-electron chi connectivity index (χ3n) is 4.46. The second-order valence-electron chi connectivity index (χ2n) is 6.78. The molecule has 0 bridgehead atoms. The van der Waals surface area contributed by atoms with Crippen molar-refractivity contribution in [3.05, 3.63) is 47.7 Å². The third kappa shape index (κ3) is 4.38. The van der Waals surface area contributed by atoms with Crippen molar-refractivity contribution in [3.8, 4) is 17.2 Å². The average Bonchev–Trinajstić information content (AvgIpc) is 3.09. The van der Waals surface area contributed by atoms with Gasteiger partial charge in [0.05, 0.1) is 13.2 Å². The molecular formula is C20H20N2O9. The SMILES string of the molecule is NC(=O)Nc1c(C(=O)c2c(O)cccc2O)oc2cc(OCC(O)(CO)CO)ccc12. The number of anilines is 1. The van der Waals surface area contributed by atoms with Gasteiger partial charge in [0.25, 0.3) is 0 Å². The molecule has 0 radical (unpaired) electrons. The number of primary amides is 1. The quantitative estimate of drug-likeness (QED) is 0.250. The molecule has 11 nitrogen and oxygen atoms in total. The Morgan fingerprint density at radius 3 is 2.32 bits per heavy atom. The van der Waals surface area contributed by atoms with Crippen LogP contribution in [0.4, 0.5) is 10.5 Å². The molecule has 2 amide bonds. The normalized spacial score (nSPS) is 11.5. The molecule has 1 aromatic heterocycles. The van der Waals surface area contributed by atoms with Gasteiger partial charge in [-0.3, -0.25) is 4.79 Å². The van der Waals surface area contributed by atoms with Crippen molar-refractivity contribution in [2.45, 2.75) is 5.60 Å². The lowest BCUT2D eigenvalue weighted by molar-refractivity contribution is -0.0806. The van der Waals surface area contributed by atoms with Crippen LogP contribution < -0.4 is 15.8 Å². The number of benzene rings is 2. The highest BCUT2D eigenvalue weighted by atomic mass is 16.5. The number of rotatable bonds is 8. The Labute approximate surface area is 174 Å². The van der Waals surface area contributed by atoms with Gasteiger partial charge in [0, 0.05) is 11.5 Å². The van der Waals surface area contributed by atoms with Gasteiger partial charge in [-0.1, -0.05) is 6.07 Å². The predicted octanol–water partition coefficient (Wildman–Crippen LogP) is 0.660. The standard InChI is InChI=1S/C20H20N2O9/c21-19(28)22-16-11-5-4-10(30-9-20(29,7-23)8-24)6-14(11)31-18(16)17(27)15-12(25)2-1-3-13(15)26/h1-6,23-26,29H,7-9H2,(H3,21,22,28). The van der Waals surface area contributed by atoms with E-state index in [0.717, 1.165) is 0 Å². The number of aromatic hydroxyl groups is 2. The molecular weight excluding hydrogens is 412 g/mol. The topological polar surface area (TPSA) is 196 Å². The van der Waals surface area contributed by atoms with Crippen molar-refractivity contribution in [2.75, 3.05) is 25.1 Å². The van der Waals surface area contributed by atoms with Crippen molar-refractivity contribution >= 4 is 28.5 Å². The molecule has 0 fully saturated rings. The molecule has 11 heteroatoms. The largest absolute Gasteiger partial charge is 0.507 e. The Hall–Kier alpha value is -3.80. The van der Waals surface area contributed by atoms with E-state index in [-0.39, 0.29) is 22.4 Å². The number of urea groups is 1. The van der Waals surface area contributed by atoms with Crippen molar-refractivity contribution in [1.29, 1.82) is 0 Å². The number of aliphatic hydroxyl groups is 3. The van der Waals surface area contributed by atoms with Crippen LogP contribution in [0.2, 0.25) is 0 Å². The first-order valence-electron chi connectivity index (χ1n) is 8.94. The van der Waals surface area contributed by atoms with Crippen LogP contribution in [0.15, 0.2) is 40.8 Å². The highest BCUT2D eigenvalue weighted by molar-refractivity contribution is 6.18. The van der Waals surface area contributed by atoms with Crippen LogP contribution in [0.5, 0.6) is 17.2 Å². The molecule has 3 rings (SSSR count). The van der Waals surface area contributed by atoms with E-state index in [1.165, 1.54) is 36.4 Å². The number of carbonyl (C=O) groups is 2.